The summed E-state index contributed by atoms with van der Waals surface area (Å²) < 4.78 is 5.12. The Morgan fingerprint density at radius 3 is 2.33 bits per heavy atom. The van der Waals surface area contributed by atoms with E-state index in [1.54, 1.807) is 13.8 Å². The molecule has 1 fully saturated rings. The molecule has 1 aromatic heterocycles. The summed E-state index contributed by atoms with van der Waals surface area (Å²) in [6.45, 7) is 6.01. The molecule has 0 aromatic carbocycles. The van der Waals surface area contributed by atoms with Gasteiger partial charge in [0.05, 0.1) is 30.1 Å². The van der Waals surface area contributed by atoms with Crippen LogP contribution in [0.15, 0.2) is 0 Å². The lowest BCUT2D eigenvalue weighted by molar-refractivity contribution is -0.892. The molecule has 1 aliphatic rings. The molecule has 1 aliphatic heterocycles. The van der Waals surface area contributed by atoms with Gasteiger partial charge in [0.25, 0.3) is 11.8 Å². The van der Waals surface area contributed by atoms with Gasteiger partial charge in [-0.25, -0.2) is 4.79 Å². The van der Waals surface area contributed by atoms with Gasteiger partial charge in [-0.05, 0) is 45.1 Å². The quantitative estimate of drug-likeness (QED) is 0.634. The number of hydrogen-bond acceptors (Lipinski definition) is 5. The Kier molecular flexibility index (Phi) is 8.24. The maximum Gasteiger partial charge on any atom is 0.341 e. The summed E-state index contributed by atoms with van der Waals surface area (Å²) in [7, 11) is 1.54. The van der Waals surface area contributed by atoms with Crippen LogP contribution in [0.2, 0.25) is 0 Å². The van der Waals surface area contributed by atoms with E-state index in [0.717, 1.165) is 37.3 Å². The van der Waals surface area contributed by atoms with E-state index in [0.29, 0.717) is 22.0 Å². The van der Waals surface area contributed by atoms with Crippen LogP contribution in [0, 0.1) is 6.92 Å². The fraction of sp³-hybridized carbons (Fsp3) is 0.632. The molecule has 1 aromatic rings. The van der Waals surface area contributed by atoms with Gasteiger partial charge >= 0.3 is 5.97 Å². The number of ether oxygens (including phenoxy) is 1. The average Bonchev–Trinajstić information content (AvgIpc) is 2.92. The molecule has 150 valence electrons. The first-order valence-electron chi connectivity index (χ1n) is 9.63. The Morgan fingerprint density at radius 1 is 1.11 bits per heavy atom. The molecule has 0 saturated carbocycles. The summed E-state index contributed by atoms with van der Waals surface area (Å²) in [5.74, 6) is -0.936. The number of nitrogens with one attached hydrogen (secondary N) is 3. The number of likely N-dealkylation sites (tertiary alicyclic amines) is 1. The van der Waals surface area contributed by atoms with Gasteiger partial charge < -0.3 is 20.3 Å². The Bertz CT molecular complexity index is 679. The molecule has 1 saturated heterocycles. The molecule has 0 unspecified atom stereocenters. The molecule has 3 N–H and O–H groups in total. The molecule has 2 heterocycles. The first kappa shape index (κ1) is 21.4. The van der Waals surface area contributed by atoms with Crippen LogP contribution in [-0.4, -0.2) is 51.1 Å². The van der Waals surface area contributed by atoms with E-state index in [2.05, 4.69) is 10.6 Å². The van der Waals surface area contributed by atoms with E-state index in [-0.39, 0.29) is 24.0 Å². The van der Waals surface area contributed by atoms with E-state index in [9.17, 15) is 14.4 Å². The van der Waals surface area contributed by atoms with Crippen molar-refractivity contribution in [3.63, 3.8) is 0 Å². The van der Waals surface area contributed by atoms with Gasteiger partial charge in [-0.15, -0.1) is 11.3 Å². The zero-order valence-electron chi connectivity index (χ0n) is 16.4. The average molecular weight is 397 g/mol. The molecule has 2 amide bonds. The zero-order valence-corrected chi connectivity index (χ0v) is 17.2. The minimum atomic E-state index is -0.518. The standard InChI is InChI=1S/C19H29N3O4S/c1-4-26-19(25)15-13(2)16(17(24)20-3)27-18(15)21-14(23)12-22-10-8-6-5-7-9-11-22/h4-12H2,1-3H3,(H,20,24)(H,21,23)/p+1. The van der Waals surface area contributed by atoms with Gasteiger partial charge in [0, 0.05) is 7.05 Å². The van der Waals surface area contributed by atoms with Crippen molar-refractivity contribution in [3.05, 3.63) is 16.0 Å². The van der Waals surface area contributed by atoms with Crippen LogP contribution in [0.1, 0.15) is 64.6 Å². The van der Waals surface area contributed by atoms with Crippen LogP contribution < -0.4 is 15.5 Å². The molecule has 0 bridgehead atoms. The number of carbonyl (C=O) groups is 3. The Labute approximate surface area is 164 Å². The molecule has 0 atom stereocenters. The molecule has 2 rings (SSSR count). The normalized spacial score (nSPS) is 15.5. The van der Waals surface area contributed by atoms with Crippen molar-refractivity contribution in [2.45, 2.75) is 46.0 Å². The zero-order chi connectivity index (χ0) is 19.8. The van der Waals surface area contributed by atoms with Gasteiger partial charge in [0.2, 0.25) is 0 Å². The highest BCUT2D eigenvalue weighted by atomic mass is 32.1. The third-order valence-electron chi connectivity index (χ3n) is 4.78. The van der Waals surface area contributed by atoms with Crippen LogP contribution in [0.3, 0.4) is 0 Å². The van der Waals surface area contributed by atoms with Crippen LogP contribution >= 0.6 is 11.3 Å². The van der Waals surface area contributed by atoms with Crippen molar-refractivity contribution in [1.29, 1.82) is 0 Å². The summed E-state index contributed by atoms with van der Waals surface area (Å²) in [5.41, 5.74) is 0.808. The van der Waals surface area contributed by atoms with Gasteiger partial charge in [-0.3, -0.25) is 9.59 Å². The summed E-state index contributed by atoms with van der Waals surface area (Å²) in [5, 5.41) is 5.81. The van der Waals surface area contributed by atoms with E-state index < -0.39 is 5.97 Å². The summed E-state index contributed by atoms with van der Waals surface area (Å²) >= 11 is 1.12. The van der Waals surface area contributed by atoms with Crippen LogP contribution in [0.4, 0.5) is 5.00 Å². The van der Waals surface area contributed by atoms with E-state index in [4.69, 9.17) is 4.74 Å². The van der Waals surface area contributed by atoms with Gasteiger partial charge in [-0.1, -0.05) is 6.42 Å². The predicted molar refractivity (Wildman–Crippen MR) is 106 cm³/mol. The molecule has 7 nitrogen and oxygen atoms in total. The minimum Gasteiger partial charge on any atom is -0.462 e. The molecule has 8 heteroatoms. The second kappa shape index (κ2) is 10.4. The van der Waals surface area contributed by atoms with Crippen molar-refractivity contribution in [2.75, 3.05) is 38.6 Å². The van der Waals surface area contributed by atoms with Crippen LogP contribution in [0.5, 0.6) is 0 Å². The van der Waals surface area contributed by atoms with E-state index in [1.807, 2.05) is 0 Å². The fourth-order valence-corrected chi connectivity index (χ4v) is 4.52. The number of hydrogen-bond donors (Lipinski definition) is 3. The smallest absolute Gasteiger partial charge is 0.341 e. The number of anilines is 1. The van der Waals surface area contributed by atoms with E-state index in [1.165, 1.54) is 31.2 Å². The summed E-state index contributed by atoms with van der Waals surface area (Å²) in [6.07, 6.45) is 5.99. The van der Waals surface area contributed by atoms with Gasteiger partial charge in [0.15, 0.2) is 6.54 Å². The largest absolute Gasteiger partial charge is 0.462 e. The van der Waals surface area contributed by atoms with Crippen molar-refractivity contribution in [3.8, 4) is 0 Å². The maximum absolute atomic E-state index is 12.6. The lowest BCUT2D eigenvalue weighted by atomic mass is 10.1. The van der Waals surface area contributed by atoms with Crippen LogP contribution in [0.25, 0.3) is 0 Å². The Hall–Kier alpha value is -1.93. The third kappa shape index (κ3) is 5.77. The highest BCUT2D eigenvalue weighted by molar-refractivity contribution is 7.18. The second-order valence-corrected chi connectivity index (χ2v) is 7.82. The van der Waals surface area contributed by atoms with Gasteiger partial charge in [0.1, 0.15) is 5.00 Å². The first-order valence-corrected chi connectivity index (χ1v) is 10.5. The maximum atomic E-state index is 12.6. The lowest BCUT2D eigenvalue weighted by Gasteiger charge is -2.21. The molecular weight excluding hydrogens is 366 g/mol. The SMILES string of the molecule is CCOC(=O)c1c(NC(=O)C[NH+]2CCCCCCC2)sc(C(=O)NC)c1C. The number of amides is 2. The van der Waals surface area contributed by atoms with E-state index >= 15 is 0 Å². The highest BCUT2D eigenvalue weighted by Gasteiger charge is 2.27. The minimum absolute atomic E-state index is 0.138. The Balaban J connectivity index is 2.16. The predicted octanol–water partition coefficient (Wildman–Crippen LogP) is 1.38. The van der Waals surface area contributed by atoms with Crippen molar-refractivity contribution >= 4 is 34.1 Å². The molecule has 0 aliphatic carbocycles. The van der Waals surface area contributed by atoms with Crippen molar-refractivity contribution in [1.82, 2.24) is 5.32 Å². The van der Waals surface area contributed by atoms with Crippen molar-refractivity contribution in [2.24, 2.45) is 0 Å². The number of carbonyl (C=O) groups excluding carboxylic acids is 3. The third-order valence-corrected chi connectivity index (χ3v) is 5.99. The number of thiophene rings is 1. The summed E-state index contributed by atoms with van der Waals surface area (Å²) in [6, 6.07) is 0. The Morgan fingerprint density at radius 2 is 1.74 bits per heavy atom. The molecule has 0 radical (unpaired) electrons. The molecular formula is C19H30N3O4S+. The fourth-order valence-electron chi connectivity index (χ4n) is 3.36. The number of rotatable bonds is 6. The number of quaternary nitrogens is 1. The molecule has 27 heavy (non-hydrogen) atoms. The highest BCUT2D eigenvalue weighted by Crippen LogP contribution is 2.33. The van der Waals surface area contributed by atoms with Crippen molar-refractivity contribution < 1.29 is 24.0 Å². The summed E-state index contributed by atoms with van der Waals surface area (Å²) in [4.78, 5) is 38.7. The monoisotopic (exact) mass is 396 g/mol. The van der Waals surface area contributed by atoms with Gasteiger partial charge in [-0.2, -0.15) is 0 Å². The second-order valence-electron chi connectivity index (χ2n) is 6.80. The number of esters is 1. The first-order chi connectivity index (χ1) is 13.0. The van der Waals surface area contributed by atoms with Crippen LogP contribution in [-0.2, 0) is 9.53 Å². The molecule has 0 spiro atoms. The topological polar surface area (TPSA) is 88.9 Å². The lowest BCUT2D eigenvalue weighted by Crippen LogP contribution is -3.13.